The van der Waals surface area contributed by atoms with Gasteiger partial charge in [-0.3, -0.25) is 14.4 Å². The van der Waals surface area contributed by atoms with Crippen LogP contribution in [0.25, 0.3) is 0 Å². The Morgan fingerprint density at radius 2 is 2.00 bits per heavy atom. The summed E-state index contributed by atoms with van der Waals surface area (Å²) in [7, 11) is 1.44. The third kappa shape index (κ3) is 4.76. The lowest BCUT2D eigenvalue weighted by Gasteiger charge is -2.33. The Hall–Kier alpha value is -2.98. The second kappa shape index (κ2) is 10.1. The maximum absolute atomic E-state index is 13.4. The number of carbonyl (C=O) groups is 3. The molecule has 0 bridgehead atoms. The standard InChI is InChI=1S/C21H25ClFN5O4/c1-25-20(31)17-18(19(24)30)28(11-26-17)14-5-2-12(3-6-14)21(32)27(8-9-29)16-7-4-13(23)10-15(16)22/h4,7,10-12,14,29H,2-3,5-6,8-9H2,1H3,(H2,24,30)(H,25,31). The molecule has 2 aromatic rings. The molecule has 0 radical (unpaired) electrons. The summed E-state index contributed by atoms with van der Waals surface area (Å²) >= 11 is 6.13. The molecule has 172 valence electrons. The van der Waals surface area contributed by atoms with E-state index in [0.29, 0.717) is 31.4 Å². The monoisotopic (exact) mass is 465 g/mol. The number of benzene rings is 1. The predicted octanol–water partition coefficient (Wildman–Crippen LogP) is 1.89. The molecule has 1 fully saturated rings. The number of halogens is 2. The highest BCUT2D eigenvalue weighted by molar-refractivity contribution is 6.33. The number of nitrogens with zero attached hydrogens (tertiary/aromatic N) is 3. The van der Waals surface area contributed by atoms with Crippen LogP contribution in [0.3, 0.4) is 0 Å². The minimum absolute atomic E-state index is 0.0294. The van der Waals surface area contributed by atoms with Crippen LogP contribution >= 0.6 is 11.6 Å². The zero-order valence-electron chi connectivity index (χ0n) is 17.6. The molecule has 0 atom stereocenters. The number of aliphatic hydroxyl groups is 1. The van der Waals surface area contributed by atoms with E-state index in [0.717, 1.165) is 6.07 Å². The molecule has 4 N–H and O–H groups in total. The smallest absolute Gasteiger partial charge is 0.272 e. The fourth-order valence-corrected chi connectivity index (χ4v) is 4.41. The highest BCUT2D eigenvalue weighted by Crippen LogP contribution is 2.36. The largest absolute Gasteiger partial charge is 0.395 e. The van der Waals surface area contributed by atoms with Gasteiger partial charge in [-0.05, 0) is 43.9 Å². The first-order valence-electron chi connectivity index (χ1n) is 10.2. The maximum atomic E-state index is 13.4. The first kappa shape index (κ1) is 23.7. The van der Waals surface area contributed by atoms with E-state index in [1.54, 1.807) is 4.57 Å². The molecule has 1 aromatic carbocycles. The van der Waals surface area contributed by atoms with Gasteiger partial charge >= 0.3 is 0 Å². The van der Waals surface area contributed by atoms with Crippen LogP contribution in [0, 0.1) is 11.7 Å². The number of hydrogen-bond donors (Lipinski definition) is 3. The summed E-state index contributed by atoms with van der Waals surface area (Å²) in [5, 5.41) is 12.0. The quantitative estimate of drug-likeness (QED) is 0.574. The molecule has 1 heterocycles. The molecule has 1 aliphatic carbocycles. The molecule has 0 saturated heterocycles. The zero-order valence-corrected chi connectivity index (χ0v) is 18.3. The number of anilines is 1. The average Bonchev–Trinajstić information content (AvgIpc) is 3.23. The van der Waals surface area contributed by atoms with Gasteiger partial charge in [0, 0.05) is 25.6 Å². The van der Waals surface area contributed by atoms with Crippen molar-refractivity contribution in [1.82, 2.24) is 14.9 Å². The summed E-state index contributed by atoms with van der Waals surface area (Å²) < 4.78 is 15.0. The fraction of sp³-hybridized carbons (Fsp3) is 0.429. The fourth-order valence-electron chi connectivity index (χ4n) is 4.14. The van der Waals surface area contributed by atoms with Gasteiger partial charge in [0.05, 0.1) is 23.6 Å². The van der Waals surface area contributed by atoms with Gasteiger partial charge in [-0.2, -0.15) is 0 Å². The van der Waals surface area contributed by atoms with Crippen molar-refractivity contribution >= 4 is 35.0 Å². The van der Waals surface area contributed by atoms with Crippen molar-refractivity contribution < 1.29 is 23.9 Å². The van der Waals surface area contributed by atoms with E-state index in [4.69, 9.17) is 17.3 Å². The summed E-state index contributed by atoms with van der Waals surface area (Å²) in [4.78, 5) is 42.6. The number of amides is 3. The lowest BCUT2D eigenvalue weighted by molar-refractivity contribution is -0.123. The number of imidazole rings is 1. The van der Waals surface area contributed by atoms with Crippen molar-refractivity contribution in [3.8, 4) is 0 Å². The Bertz CT molecular complexity index is 1020. The number of hydrogen-bond acceptors (Lipinski definition) is 5. The molecule has 1 aliphatic rings. The highest BCUT2D eigenvalue weighted by Gasteiger charge is 2.33. The lowest BCUT2D eigenvalue weighted by atomic mass is 9.84. The summed E-state index contributed by atoms with van der Waals surface area (Å²) in [5.41, 5.74) is 5.85. The molecule has 1 saturated carbocycles. The second-order valence-electron chi connectivity index (χ2n) is 7.61. The number of aliphatic hydroxyl groups excluding tert-OH is 1. The Kier molecular flexibility index (Phi) is 7.47. The molecule has 0 spiro atoms. The number of nitrogens with one attached hydrogen (secondary N) is 1. The number of aromatic nitrogens is 2. The van der Waals surface area contributed by atoms with E-state index in [-0.39, 0.29) is 47.4 Å². The van der Waals surface area contributed by atoms with Gasteiger partial charge in [0.2, 0.25) is 5.91 Å². The summed E-state index contributed by atoms with van der Waals surface area (Å²) in [6, 6.07) is 3.61. The number of primary amides is 1. The summed E-state index contributed by atoms with van der Waals surface area (Å²) in [6.07, 6.45) is 3.56. The molecular formula is C21H25ClFN5O4. The molecular weight excluding hydrogens is 441 g/mol. The number of nitrogens with two attached hydrogens (primary N) is 1. The minimum Gasteiger partial charge on any atom is -0.395 e. The Balaban J connectivity index is 1.76. The SMILES string of the molecule is CNC(=O)c1ncn(C2CCC(C(=O)N(CCO)c3ccc(F)cc3Cl)CC2)c1C(N)=O. The van der Waals surface area contributed by atoms with Crippen LogP contribution in [-0.4, -0.2) is 52.6 Å². The van der Waals surface area contributed by atoms with Gasteiger partial charge in [-0.1, -0.05) is 11.6 Å². The van der Waals surface area contributed by atoms with E-state index in [9.17, 15) is 23.9 Å². The van der Waals surface area contributed by atoms with Crippen LogP contribution in [0.5, 0.6) is 0 Å². The topological polar surface area (TPSA) is 131 Å². The van der Waals surface area contributed by atoms with Crippen LogP contribution in [0.15, 0.2) is 24.5 Å². The van der Waals surface area contributed by atoms with Gasteiger partial charge < -0.3 is 25.6 Å². The minimum atomic E-state index is -0.751. The maximum Gasteiger partial charge on any atom is 0.272 e. The van der Waals surface area contributed by atoms with Crippen molar-refractivity contribution in [3.63, 3.8) is 0 Å². The van der Waals surface area contributed by atoms with Crippen LogP contribution in [0.1, 0.15) is 52.7 Å². The number of carbonyl (C=O) groups excluding carboxylic acids is 3. The van der Waals surface area contributed by atoms with E-state index >= 15 is 0 Å². The zero-order chi connectivity index (χ0) is 23.4. The van der Waals surface area contributed by atoms with Crippen molar-refractivity contribution in [3.05, 3.63) is 46.8 Å². The first-order chi connectivity index (χ1) is 15.3. The molecule has 3 rings (SSSR count). The van der Waals surface area contributed by atoms with Crippen molar-refractivity contribution in [2.24, 2.45) is 11.7 Å². The lowest BCUT2D eigenvalue weighted by Crippen LogP contribution is -2.40. The Morgan fingerprint density at radius 1 is 1.31 bits per heavy atom. The van der Waals surface area contributed by atoms with Crippen molar-refractivity contribution in [2.45, 2.75) is 31.7 Å². The second-order valence-corrected chi connectivity index (χ2v) is 8.01. The highest BCUT2D eigenvalue weighted by atomic mass is 35.5. The summed E-state index contributed by atoms with van der Waals surface area (Å²) in [6.45, 7) is -0.235. The molecule has 0 aliphatic heterocycles. The van der Waals surface area contributed by atoms with Crippen LogP contribution in [0.4, 0.5) is 10.1 Å². The molecule has 9 nitrogen and oxygen atoms in total. The molecule has 1 aromatic heterocycles. The third-order valence-corrected chi connectivity index (χ3v) is 6.00. The van der Waals surface area contributed by atoms with Crippen LogP contribution in [-0.2, 0) is 4.79 Å². The third-order valence-electron chi connectivity index (χ3n) is 5.70. The van der Waals surface area contributed by atoms with Crippen molar-refractivity contribution in [1.29, 1.82) is 0 Å². The molecule has 32 heavy (non-hydrogen) atoms. The van der Waals surface area contributed by atoms with Gasteiger partial charge in [0.25, 0.3) is 11.8 Å². The van der Waals surface area contributed by atoms with E-state index < -0.39 is 17.6 Å². The Labute approximate surface area is 189 Å². The van der Waals surface area contributed by atoms with Crippen LogP contribution in [0.2, 0.25) is 5.02 Å². The van der Waals surface area contributed by atoms with E-state index in [1.165, 1.54) is 30.4 Å². The van der Waals surface area contributed by atoms with Gasteiger partial charge in [-0.15, -0.1) is 0 Å². The first-order valence-corrected chi connectivity index (χ1v) is 10.6. The Morgan fingerprint density at radius 3 is 2.56 bits per heavy atom. The van der Waals surface area contributed by atoms with Crippen LogP contribution < -0.4 is 16.0 Å². The predicted molar refractivity (Wildman–Crippen MR) is 116 cm³/mol. The molecule has 0 unspecified atom stereocenters. The van der Waals surface area contributed by atoms with Crippen molar-refractivity contribution in [2.75, 3.05) is 25.1 Å². The average molecular weight is 466 g/mol. The molecule has 3 amide bonds. The van der Waals surface area contributed by atoms with Gasteiger partial charge in [0.1, 0.15) is 11.5 Å². The van der Waals surface area contributed by atoms with Gasteiger partial charge in [-0.25, -0.2) is 9.37 Å². The van der Waals surface area contributed by atoms with E-state index in [2.05, 4.69) is 10.3 Å². The van der Waals surface area contributed by atoms with Gasteiger partial charge in [0.15, 0.2) is 5.69 Å². The number of rotatable bonds is 7. The normalized spacial score (nSPS) is 18.2. The molecule has 11 heteroatoms. The van der Waals surface area contributed by atoms with E-state index in [1.807, 2.05) is 0 Å². The summed E-state index contributed by atoms with van der Waals surface area (Å²) in [5.74, 6) is -2.32.